The predicted octanol–water partition coefficient (Wildman–Crippen LogP) is 3.38. The van der Waals surface area contributed by atoms with Crippen molar-refractivity contribution in [2.45, 2.75) is 32.2 Å². The highest BCUT2D eigenvalue weighted by molar-refractivity contribution is 6.20. The summed E-state index contributed by atoms with van der Waals surface area (Å²) in [6, 6.07) is 5.49. The van der Waals surface area contributed by atoms with Gasteiger partial charge in [0.1, 0.15) is 11.9 Å². The molecule has 0 N–H and O–H groups in total. The number of aromatic nitrogens is 2. The number of fused-ring (bicyclic) bond motifs is 1. The molecule has 2 atom stereocenters. The van der Waals surface area contributed by atoms with Crippen LogP contribution >= 0.6 is 11.6 Å². The van der Waals surface area contributed by atoms with E-state index in [1.807, 2.05) is 36.6 Å². The molecular weight excluding hydrogens is 264 g/mol. The van der Waals surface area contributed by atoms with Gasteiger partial charge in [0.15, 0.2) is 0 Å². The lowest BCUT2D eigenvalue weighted by molar-refractivity contribution is -0.143. The molecule has 0 bridgehead atoms. The lowest BCUT2D eigenvalue weighted by Gasteiger charge is -2.16. The third-order valence-corrected chi connectivity index (χ3v) is 3.35. The van der Waals surface area contributed by atoms with Gasteiger partial charge >= 0.3 is 5.97 Å². The summed E-state index contributed by atoms with van der Waals surface area (Å²) in [5, 5.41) is -0.278. The average molecular weight is 281 g/mol. The van der Waals surface area contributed by atoms with Gasteiger partial charge in [0.2, 0.25) is 0 Å². The minimum atomic E-state index is -0.450. The number of carbonyl (C=O) groups is 1. The maximum Gasteiger partial charge on any atom is 0.328 e. The molecule has 0 aliphatic carbocycles. The fourth-order valence-corrected chi connectivity index (χ4v) is 2.34. The lowest BCUT2D eigenvalue weighted by atomic mass is 10.2. The molecule has 0 saturated carbocycles. The van der Waals surface area contributed by atoms with E-state index in [0.29, 0.717) is 5.82 Å². The van der Waals surface area contributed by atoms with Crippen LogP contribution in [0.25, 0.3) is 11.0 Å². The Morgan fingerprint density at radius 3 is 2.68 bits per heavy atom. The van der Waals surface area contributed by atoms with Gasteiger partial charge in [-0.25, -0.2) is 9.78 Å². The third-order valence-electron chi connectivity index (χ3n) is 3.16. The quantitative estimate of drug-likeness (QED) is 0.639. The van der Waals surface area contributed by atoms with Crippen molar-refractivity contribution in [3.05, 3.63) is 29.6 Å². The van der Waals surface area contributed by atoms with Gasteiger partial charge in [-0.05, 0) is 38.5 Å². The van der Waals surface area contributed by atoms with E-state index >= 15 is 0 Å². The van der Waals surface area contributed by atoms with E-state index in [4.69, 9.17) is 16.3 Å². The van der Waals surface area contributed by atoms with Gasteiger partial charge in [-0.2, -0.15) is 0 Å². The summed E-state index contributed by atoms with van der Waals surface area (Å²) in [6.45, 7) is 5.64. The van der Waals surface area contributed by atoms with Crippen molar-refractivity contribution in [3.8, 4) is 0 Å². The Morgan fingerprint density at radius 2 is 2.11 bits per heavy atom. The minimum Gasteiger partial charge on any atom is -0.467 e. The number of hydrogen-bond acceptors (Lipinski definition) is 3. The molecule has 0 radical (unpaired) electrons. The van der Waals surface area contributed by atoms with Crippen LogP contribution in [0.4, 0.5) is 0 Å². The molecule has 2 aromatic rings. The van der Waals surface area contributed by atoms with Crippen molar-refractivity contribution in [2.75, 3.05) is 7.11 Å². The van der Waals surface area contributed by atoms with E-state index in [-0.39, 0.29) is 11.3 Å². The number of hydrogen-bond donors (Lipinski definition) is 0. The Bertz CT molecular complexity index is 619. The van der Waals surface area contributed by atoms with Gasteiger partial charge < -0.3 is 9.30 Å². The highest BCUT2D eigenvalue weighted by Crippen LogP contribution is 2.28. The Labute approximate surface area is 117 Å². The molecule has 2 rings (SSSR count). The van der Waals surface area contributed by atoms with Crippen LogP contribution < -0.4 is 0 Å². The van der Waals surface area contributed by atoms with Crippen molar-refractivity contribution in [1.82, 2.24) is 9.55 Å². The van der Waals surface area contributed by atoms with Crippen LogP contribution in [0.5, 0.6) is 0 Å². The molecule has 0 aliphatic heterocycles. The van der Waals surface area contributed by atoms with Gasteiger partial charge in [0, 0.05) is 0 Å². The Hall–Kier alpha value is -1.55. The first kappa shape index (κ1) is 13.9. The van der Waals surface area contributed by atoms with Gasteiger partial charge in [-0.1, -0.05) is 6.07 Å². The maximum absolute atomic E-state index is 11.8. The number of ether oxygens (including phenoxy) is 1. The first-order chi connectivity index (χ1) is 8.95. The second kappa shape index (κ2) is 5.21. The molecule has 0 spiro atoms. The summed E-state index contributed by atoms with van der Waals surface area (Å²) in [7, 11) is 1.38. The summed E-state index contributed by atoms with van der Waals surface area (Å²) in [4.78, 5) is 16.3. The van der Waals surface area contributed by atoms with Crippen molar-refractivity contribution in [1.29, 1.82) is 0 Å². The molecule has 4 nitrogen and oxygen atoms in total. The summed E-state index contributed by atoms with van der Waals surface area (Å²) < 4.78 is 6.66. The third kappa shape index (κ3) is 2.45. The molecule has 1 aromatic heterocycles. The van der Waals surface area contributed by atoms with Gasteiger partial charge in [0.25, 0.3) is 0 Å². The van der Waals surface area contributed by atoms with Gasteiger partial charge in [-0.15, -0.1) is 11.6 Å². The molecule has 5 heteroatoms. The zero-order valence-electron chi connectivity index (χ0n) is 11.5. The number of halogens is 1. The Kier molecular flexibility index (Phi) is 3.80. The van der Waals surface area contributed by atoms with Crippen LogP contribution in [0, 0.1) is 6.92 Å². The number of carbonyl (C=O) groups excluding carboxylic acids is 1. The van der Waals surface area contributed by atoms with Crippen LogP contribution in [0.1, 0.15) is 36.7 Å². The predicted molar refractivity (Wildman–Crippen MR) is 75.5 cm³/mol. The molecule has 1 heterocycles. The Balaban J connectivity index is 2.68. The summed E-state index contributed by atoms with van der Waals surface area (Å²) in [6.07, 6.45) is 0. The molecule has 102 valence electrons. The molecule has 0 fully saturated rings. The molecule has 19 heavy (non-hydrogen) atoms. The lowest BCUT2D eigenvalue weighted by Crippen LogP contribution is -2.20. The highest BCUT2D eigenvalue weighted by atomic mass is 35.5. The van der Waals surface area contributed by atoms with Gasteiger partial charge in [0.05, 0.1) is 23.5 Å². The normalized spacial score (nSPS) is 14.4. The van der Waals surface area contributed by atoms with Crippen molar-refractivity contribution < 1.29 is 9.53 Å². The molecule has 1 aromatic carbocycles. The van der Waals surface area contributed by atoms with Crippen molar-refractivity contribution in [2.24, 2.45) is 0 Å². The molecule has 0 amide bonds. The monoisotopic (exact) mass is 280 g/mol. The van der Waals surface area contributed by atoms with Crippen LogP contribution in [0.3, 0.4) is 0 Å². The summed E-state index contributed by atoms with van der Waals surface area (Å²) in [5.41, 5.74) is 2.86. The number of methoxy groups -OCH3 is 1. The van der Waals surface area contributed by atoms with E-state index in [9.17, 15) is 4.79 Å². The number of esters is 1. The zero-order valence-corrected chi connectivity index (χ0v) is 12.2. The van der Waals surface area contributed by atoms with Crippen molar-refractivity contribution >= 4 is 28.6 Å². The first-order valence-electron chi connectivity index (χ1n) is 6.16. The topological polar surface area (TPSA) is 44.1 Å². The van der Waals surface area contributed by atoms with E-state index in [0.717, 1.165) is 16.6 Å². The van der Waals surface area contributed by atoms with Crippen LogP contribution in [-0.2, 0) is 9.53 Å². The number of alkyl halides is 1. The van der Waals surface area contributed by atoms with Gasteiger partial charge in [-0.3, -0.25) is 0 Å². The van der Waals surface area contributed by atoms with E-state index in [1.165, 1.54) is 7.11 Å². The fourth-order valence-electron chi connectivity index (χ4n) is 2.19. The fraction of sp³-hybridized carbons (Fsp3) is 0.429. The van der Waals surface area contributed by atoms with E-state index in [2.05, 4.69) is 4.98 Å². The number of aryl methyl sites for hydroxylation is 1. The molecular formula is C14H17ClN2O2. The van der Waals surface area contributed by atoms with Crippen LogP contribution in [0.15, 0.2) is 18.2 Å². The summed E-state index contributed by atoms with van der Waals surface area (Å²) in [5.74, 6) is 0.374. The minimum absolute atomic E-state index is 0.278. The smallest absolute Gasteiger partial charge is 0.328 e. The Morgan fingerprint density at radius 1 is 1.42 bits per heavy atom. The number of benzene rings is 1. The first-order valence-corrected chi connectivity index (χ1v) is 6.59. The van der Waals surface area contributed by atoms with Crippen molar-refractivity contribution in [3.63, 3.8) is 0 Å². The van der Waals surface area contributed by atoms with E-state index < -0.39 is 6.04 Å². The van der Waals surface area contributed by atoms with Crippen LogP contribution in [0.2, 0.25) is 0 Å². The molecule has 2 unspecified atom stereocenters. The summed E-state index contributed by atoms with van der Waals surface area (Å²) >= 11 is 6.18. The number of nitrogens with zero attached hydrogens (tertiary/aromatic N) is 2. The standard InChI is InChI=1S/C14H17ClN2O2/c1-8-5-6-12-11(7-8)16-13(9(2)15)17(12)10(3)14(18)19-4/h5-7,9-10H,1-4H3. The number of rotatable bonds is 3. The van der Waals surface area contributed by atoms with E-state index in [1.54, 1.807) is 6.92 Å². The second-order valence-electron chi connectivity index (χ2n) is 4.65. The SMILES string of the molecule is COC(=O)C(C)n1c(C(C)Cl)nc2cc(C)ccc21. The average Bonchev–Trinajstić information content (AvgIpc) is 2.75. The number of imidazole rings is 1. The maximum atomic E-state index is 11.8. The van der Waals surface area contributed by atoms with Crippen LogP contribution in [-0.4, -0.2) is 22.6 Å². The molecule has 0 saturated heterocycles. The largest absolute Gasteiger partial charge is 0.467 e. The molecule has 0 aliphatic rings. The second-order valence-corrected chi connectivity index (χ2v) is 5.30. The zero-order chi connectivity index (χ0) is 14.2. The highest BCUT2D eigenvalue weighted by Gasteiger charge is 2.24.